The minimum absolute atomic E-state index is 0.0853. The van der Waals surface area contributed by atoms with Gasteiger partial charge < -0.3 is 14.2 Å². The van der Waals surface area contributed by atoms with Crippen LogP contribution in [-0.2, 0) is 28.6 Å². The molecule has 0 heterocycles. The summed E-state index contributed by atoms with van der Waals surface area (Å²) >= 11 is 0. The van der Waals surface area contributed by atoms with Gasteiger partial charge in [-0.15, -0.1) is 0 Å². The highest BCUT2D eigenvalue weighted by atomic mass is 16.6. The molecule has 0 fully saturated rings. The van der Waals surface area contributed by atoms with E-state index in [1.165, 1.54) is 122 Å². The van der Waals surface area contributed by atoms with Gasteiger partial charge in [-0.2, -0.15) is 0 Å². The number of allylic oxidation sites excluding steroid dienone is 20. The van der Waals surface area contributed by atoms with Gasteiger partial charge in [0.2, 0.25) is 0 Å². The molecule has 0 aromatic carbocycles. The number of carbonyl (C=O) groups is 3. The second-order valence-electron chi connectivity index (χ2n) is 21.3. The number of ether oxygens (including phenoxy) is 3. The summed E-state index contributed by atoms with van der Waals surface area (Å²) < 4.78 is 16.9. The highest BCUT2D eigenvalue weighted by Gasteiger charge is 2.19. The lowest BCUT2D eigenvalue weighted by atomic mass is 10.0. The number of carbonyl (C=O) groups excluding carboxylic acids is 3. The lowest BCUT2D eigenvalue weighted by Gasteiger charge is -2.18. The second-order valence-corrected chi connectivity index (χ2v) is 21.3. The van der Waals surface area contributed by atoms with Gasteiger partial charge in [-0.1, -0.05) is 284 Å². The number of hydrogen-bond donors (Lipinski definition) is 0. The molecule has 6 heteroatoms. The topological polar surface area (TPSA) is 78.9 Å². The van der Waals surface area contributed by atoms with Crippen LogP contribution in [-0.4, -0.2) is 37.2 Å². The maximum Gasteiger partial charge on any atom is 0.306 e. The fourth-order valence-electron chi connectivity index (χ4n) is 8.84. The van der Waals surface area contributed by atoms with Crippen molar-refractivity contribution in [2.45, 2.75) is 303 Å². The lowest BCUT2D eigenvalue weighted by Crippen LogP contribution is -2.30. The summed E-state index contributed by atoms with van der Waals surface area (Å²) in [6, 6.07) is 0. The molecule has 444 valence electrons. The van der Waals surface area contributed by atoms with Gasteiger partial charge in [0, 0.05) is 19.3 Å². The standard InChI is InChI=1S/C72H120O6/c1-4-7-10-13-16-19-22-25-27-29-30-31-32-33-34-35-36-37-38-39-40-41-42-44-45-47-50-53-56-59-62-65-71(74)77-68-69(67-76-70(73)64-61-58-55-52-49-24-21-18-15-12-9-6-3)78-72(75)66-63-60-57-54-51-48-46-43-28-26-23-20-17-14-11-8-5-2/h7,10,16-17,19-20,25-28,30-31,33-34,36-37,39-40,42,44,69H,4-6,8-9,11-15,18,21-24,29,32,35,38,41,43,45-68H2,1-3H3/b10-7-,19-16-,20-17-,27-25-,28-26-,31-30-,34-33-,37-36-,40-39-,44-42-. The van der Waals surface area contributed by atoms with Crippen LogP contribution in [0.1, 0.15) is 297 Å². The molecule has 0 bridgehead atoms. The summed E-state index contributed by atoms with van der Waals surface area (Å²) in [6.45, 7) is 6.49. The molecule has 78 heavy (non-hydrogen) atoms. The number of esters is 3. The van der Waals surface area contributed by atoms with E-state index in [-0.39, 0.29) is 31.1 Å². The van der Waals surface area contributed by atoms with Crippen molar-refractivity contribution in [2.24, 2.45) is 0 Å². The van der Waals surface area contributed by atoms with E-state index >= 15 is 0 Å². The largest absolute Gasteiger partial charge is 0.462 e. The predicted molar refractivity (Wildman–Crippen MR) is 339 cm³/mol. The first-order valence-corrected chi connectivity index (χ1v) is 32.5. The van der Waals surface area contributed by atoms with Crippen molar-refractivity contribution in [2.75, 3.05) is 13.2 Å². The molecule has 1 unspecified atom stereocenters. The number of unbranched alkanes of at least 4 members (excludes halogenated alkanes) is 27. The van der Waals surface area contributed by atoms with Gasteiger partial charge in [0.1, 0.15) is 13.2 Å². The Bertz CT molecular complexity index is 1620. The zero-order valence-electron chi connectivity index (χ0n) is 50.9. The average Bonchev–Trinajstić information content (AvgIpc) is 3.44. The van der Waals surface area contributed by atoms with Crippen LogP contribution in [0.25, 0.3) is 0 Å². The minimum Gasteiger partial charge on any atom is -0.462 e. The first-order chi connectivity index (χ1) is 38.5. The Morgan fingerprint density at radius 2 is 0.500 bits per heavy atom. The average molecular weight is 1080 g/mol. The zero-order valence-corrected chi connectivity index (χ0v) is 50.9. The highest BCUT2D eigenvalue weighted by molar-refractivity contribution is 5.71. The maximum absolute atomic E-state index is 12.9. The van der Waals surface area contributed by atoms with Crippen LogP contribution >= 0.6 is 0 Å². The first-order valence-electron chi connectivity index (χ1n) is 32.5. The van der Waals surface area contributed by atoms with Crippen molar-refractivity contribution < 1.29 is 28.6 Å². The molecule has 1 atom stereocenters. The van der Waals surface area contributed by atoms with E-state index in [0.29, 0.717) is 19.3 Å². The molecule has 0 saturated heterocycles. The summed E-state index contributed by atoms with van der Waals surface area (Å²) in [6.07, 6.45) is 90.6. The third-order valence-corrected chi connectivity index (χ3v) is 13.7. The van der Waals surface area contributed by atoms with Crippen molar-refractivity contribution in [3.8, 4) is 0 Å². The van der Waals surface area contributed by atoms with Crippen molar-refractivity contribution in [1.82, 2.24) is 0 Å². The van der Waals surface area contributed by atoms with Gasteiger partial charge in [-0.3, -0.25) is 14.4 Å². The summed E-state index contributed by atoms with van der Waals surface area (Å²) in [5.41, 5.74) is 0. The van der Waals surface area contributed by atoms with E-state index in [1.54, 1.807) is 0 Å². The summed E-state index contributed by atoms with van der Waals surface area (Å²) in [7, 11) is 0. The number of rotatable bonds is 58. The van der Waals surface area contributed by atoms with Crippen LogP contribution in [0, 0.1) is 0 Å². The second kappa shape index (κ2) is 65.3. The van der Waals surface area contributed by atoms with Crippen molar-refractivity contribution in [1.29, 1.82) is 0 Å². The fourth-order valence-corrected chi connectivity index (χ4v) is 8.84. The van der Waals surface area contributed by atoms with E-state index in [2.05, 4.69) is 142 Å². The Morgan fingerprint density at radius 1 is 0.269 bits per heavy atom. The van der Waals surface area contributed by atoms with Crippen LogP contribution in [0.5, 0.6) is 0 Å². The van der Waals surface area contributed by atoms with E-state index in [9.17, 15) is 14.4 Å². The molecule has 0 aromatic heterocycles. The maximum atomic E-state index is 12.9. The molecular formula is C72H120O6. The molecule has 0 aliphatic carbocycles. The molecule has 0 amide bonds. The number of hydrogen-bond acceptors (Lipinski definition) is 6. The van der Waals surface area contributed by atoms with E-state index in [1.807, 2.05) is 0 Å². The molecule has 0 radical (unpaired) electrons. The summed E-state index contributed by atoms with van der Waals surface area (Å²) in [5, 5.41) is 0. The van der Waals surface area contributed by atoms with Gasteiger partial charge in [-0.05, 0) is 116 Å². The highest BCUT2D eigenvalue weighted by Crippen LogP contribution is 2.15. The van der Waals surface area contributed by atoms with Crippen molar-refractivity contribution >= 4 is 17.9 Å². The monoisotopic (exact) mass is 1080 g/mol. The van der Waals surface area contributed by atoms with Crippen LogP contribution in [0.3, 0.4) is 0 Å². The molecule has 0 N–H and O–H groups in total. The van der Waals surface area contributed by atoms with Crippen molar-refractivity contribution in [3.05, 3.63) is 122 Å². The summed E-state index contributed by atoms with van der Waals surface area (Å²) in [4.78, 5) is 38.3. The molecule has 0 aliphatic heterocycles. The third-order valence-electron chi connectivity index (χ3n) is 13.7. The predicted octanol–water partition coefficient (Wildman–Crippen LogP) is 22.4. The quantitative estimate of drug-likeness (QED) is 0.0261. The van der Waals surface area contributed by atoms with Crippen molar-refractivity contribution in [3.63, 3.8) is 0 Å². The summed E-state index contributed by atoms with van der Waals surface area (Å²) in [5.74, 6) is -0.903. The van der Waals surface area contributed by atoms with Gasteiger partial charge in [0.05, 0.1) is 0 Å². The molecular weight excluding hydrogens is 961 g/mol. The minimum atomic E-state index is -0.790. The van der Waals surface area contributed by atoms with Gasteiger partial charge in [0.25, 0.3) is 0 Å². The molecule has 0 saturated carbocycles. The van der Waals surface area contributed by atoms with Gasteiger partial charge in [0.15, 0.2) is 6.10 Å². The van der Waals surface area contributed by atoms with Gasteiger partial charge >= 0.3 is 17.9 Å². The fraction of sp³-hybridized carbons (Fsp3) is 0.681. The Morgan fingerprint density at radius 3 is 0.808 bits per heavy atom. The van der Waals surface area contributed by atoms with Crippen LogP contribution in [0.2, 0.25) is 0 Å². The zero-order chi connectivity index (χ0) is 56.4. The Hall–Kier alpha value is -4.19. The molecule has 0 aliphatic rings. The van der Waals surface area contributed by atoms with E-state index < -0.39 is 6.10 Å². The third kappa shape index (κ3) is 62.7. The van der Waals surface area contributed by atoms with Crippen LogP contribution in [0.4, 0.5) is 0 Å². The van der Waals surface area contributed by atoms with E-state index in [0.717, 1.165) is 135 Å². The molecule has 0 aromatic rings. The van der Waals surface area contributed by atoms with Gasteiger partial charge in [-0.25, -0.2) is 0 Å². The lowest BCUT2D eigenvalue weighted by molar-refractivity contribution is -0.167. The van der Waals surface area contributed by atoms with Crippen LogP contribution in [0.15, 0.2) is 122 Å². The first kappa shape index (κ1) is 73.8. The smallest absolute Gasteiger partial charge is 0.306 e. The molecule has 0 spiro atoms. The van der Waals surface area contributed by atoms with Crippen LogP contribution < -0.4 is 0 Å². The van der Waals surface area contributed by atoms with E-state index in [4.69, 9.17) is 14.2 Å². The molecule has 0 rings (SSSR count). The Balaban J connectivity index is 4.32. The Kier molecular flexibility index (Phi) is 61.8. The SMILES string of the molecule is CC/C=C\C/C=C\C/C=C\C/C=C\C/C=C\C/C=C\C/C=C\C/C=C\CCCCCCCCC(=O)OCC(COC(=O)CCCCCCCCCCCCCC)OC(=O)CCCCCCCCC/C=C\C/C=C\CCCCC. The normalized spacial score (nSPS) is 12.9. The molecule has 6 nitrogen and oxygen atoms in total. The Labute approximate surface area is 482 Å².